The van der Waals surface area contributed by atoms with E-state index in [2.05, 4.69) is 42.6 Å². The van der Waals surface area contributed by atoms with Crippen molar-refractivity contribution < 1.29 is 0 Å². The first-order valence-corrected chi connectivity index (χ1v) is 8.10. The average Bonchev–Trinajstić information content (AvgIpc) is 2.37. The second kappa shape index (κ2) is 8.27. The van der Waals surface area contributed by atoms with E-state index in [0.717, 1.165) is 37.6 Å². The summed E-state index contributed by atoms with van der Waals surface area (Å²) in [5.41, 5.74) is 7.28. The Morgan fingerprint density at radius 2 is 1.67 bits per heavy atom. The Hall–Kier alpha value is -1.23. The normalized spacial score (nSPS) is 11.2. The van der Waals surface area contributed by atoms with E-state index in [0.29, 0.717) is 22.5 Å². The summed E-state index contributed by atoms with van der Waals surface area (Å²) < 4.78 is 0. The molecule has 5 heteroatoms. The van der Waals surface area contributed by atoms with E-state index >= 15 is 0 Å². The summed E-state index contributed by atoms with van der Waals surface area (Å²) in [5.74, 6) is 2.07. The van der Waals surface area contributed by atoms with Crippen LogP contribution in [0, 0.1) is 18.8 Å². The monoisotopic (exact) mass is 308 g/mol. The lowest BCUT2D eigenvalue weighted by Gasteiger charge is -2.25. The highest BCUT2D eigenvalue weighted by Gasteiger charge is 2.13. The van der Waals surface area contributed by atoms with Crippen LogP contribution < -0.4 is 10.6 Å². The van der Waals surface area contributed by atoms with Crippen molar-refractivity contribution in [3.05, 3.63) is 17.5 Å². The quantitative estimate of drug-likeness (QED) is 0.747. The molecule has 0 saturated carbocycles. The van der Waals surface area contributed by atoms with E-state index < -0.39 is 0 Å². The summed E-state index contributed by atoms with van der Waals surface area (Å²) >= 11 is 5.05. The van der Waals surface area contributed by atoms with Crippen LogP contribution in [-0.2, 0) is 0 Å². The van der Waals surface area contributed by atoms with E-state index in [4.69, 9.17) is 18.0 Å². The molecule has 1 aromatic rings. The molecule has 21 heavy (non-hydrogen) atoms. The molecule has 0 unspecified atom stereocenters. The van der Waals surface area contributed by atoms with Gasteiger partial charge in [0.05, 0.1) is 0 Å². The summed E-state index contributed by atoms with van der Waals surface area (Å²) in [7, 11) is 0. The molecule has 0 aliphatic carbocycles. The number of nitrogens with two attached hydrogens (primary N) is 1. The van der Waals surface area contributed by atoms with Gasteiger partial charge in [0.2, 0.25) is 5.95 Å². The van der Waals surface area contributed by atoms with Gasteiger partial charge >= 0.3 is 0 Å². The number of rotatable bonds is 8. The van der Waals surface area contributed by atoms with Crippen molar-refractivity contribution in [1.29, 1.82) is 0 Å². The number of hydrogen-bond donors (Lipinski definition) is 1. The number of anilines is 1. The molecule has 0 aliphatic rings. The Labute approximate surface area is 134 Å². The van der Waals surface area contributed by atoms with Gasteiger partial charge in [0, 0.05) is 18.8 Å². The minimum absolute atomic E-state index is 0.328. The van der Waals surface area contributed by atoms with Gasteiger partial charge in [-0.15, -0.1) is 0 Å². The van der Waals surface area contributed by atoms with E-state index in [-0.39, 0.29) is 0 Å². The average molecular weight is 308 g/mol. The Kier molecular flexibility index (Phi) is 7.02. The Morgan fingerprint density at radius 1 is 1.14 bits per heavy atom. The molecule has 4 nitrogen and oxygen atoms in total. The zero-order valence-electron chi connectivity index (χ0n) is 13.9. The molecular formula is C16H28N4S. The van der Waals surface area contributed by atoms with Gasteiger partial charge in [0.25, 0.3) is 0 Å². The lowest BCUT2D eigenvalue weighted by atomic mass is 10.1. The third-order valence-corrected chi connectivity index (χ3v) is 3.54. The summed E-state index contributed by atoms with van der Waals surface area (Å²) in [5, 5.41) is 0. The highest BCUT2D eigenvalue weighted by atomic mass is 32.1. The number of hydrogen-bond acceptors (Lipinski definition) is 4. The number of thiocarbonyl (C=S) groups is 1. The van der Waals surface area contributed by atoms with Gasteiger partial charge in [-0.2, -0.15) is 0 Å². The van der Waals surface area contributed by atoms with Crippen LogP contribution in [0.2, 0.25) is 0 Å². The van der Waals surface area contributed by atoms with E-state index in [1.54, 1.807) is 0 Å². The van der Waals surface area contributed by atoms with Crippen LogP contribution in [0.1, 0.15) is 51.9 Å². The highest BCUT2D eigenvalue weighted by molar-refractivity contribution is 7.80. The summed E-state index contributed by atoms with van der Waals surface area (Å²) in [6, 6.07) is 1.84. The number of aryl methyl sites for hydroxylation is 1. The van der Waals surface area contributed by atoms with E-state index in [9.17, 15) is 0 Å². The first-order valence-electron chi connectivity index (χ1n) is 7.70. The maximum atomic E-state index is 5.72. The lowest BCUT2D eigenvalue weighted by molar-refractivity contribution is 0.530. The van der Waals surface area contributed by atoms with Crippen LogP contribution in [0.4, 0.5) is 5.95 Å². The van der Waals surface area contributed by atoms with Crippen molar-refractivity contribution in [2.45, 2.75) is 47.5 Å². The molecule has 0 amide bonds. The largest absolute Gasteiger partial charge is 0.388 e. The Morgan fingerprint density at radius 3 is 2.10 bits per heavy atom. The molecule has 2 N–H and O–H groups in total. The van der Waals surface area contributed by atoms with Crippen molar-refractivity contribution in [3.63, 3.8) is 0 Å². The van der Waals surface area contributed by atoms with Crippen LogP contribution in [0.15, 0.2) is 6.07 Å². The molecule has 118 valence electrons. The summed E-state index contributed by atoms with van der Waals surface area (Å²) in [4.78, 5) is 11.7. The zero-order chi connectivity index (χ0) is 16.0. The van der Waals surface area contributed by atoms with Crippen LogP contribution in [0.3, 0.4) is 0 Å². The summed E-state index contributed by atoms with van der Waals surface area (Å²) in [6.45, 7) is 12.8. The van der Waals surface area contributed by atoms with Crippen molar-refractivity contribution >= 4 is 23.2 Å². The smallest absolute Gasteiger partial charge is 0.226 e. The third-order valence-electron chi connectivity index (χ3n) is 3.33. The zero-order valence-corrected chi connectivity index (χ0v) is 14.7. The van der Waals surface area contributed by atoms with Gasteiger partial charge in [-0.05, 0) is 37.7 Å². The van der Waals surface area contributed by atoms with Crippen molar-refractivity contribution in [2.24, 2.45) is 17.6 Å². The molecule has 0 aliphatic heterocycles. The Balaban J connectivity index is 2.97. The van der Waals surface area contributed by atoms with Crippen molar-refractivity contribution in [3.8, 4) is 0 Å². The van der Waals surface area contributed by atoms with Crippen LogP contribution >= 0.6 is 12.2 Å². The minimum Gasteiger partial charge on any atom is -0.388 e. The van der Waals surface area contributed by atoms with E-state index in [1.165, 1.54) is 0 Å². The lowest BCUT2D eigenvalue weighted by Crippen LogP contribution is -2.30. The predicted octanol–water partition coefficient (Wildman–Crippen LogP) is 3.32. The first kappa shape index (κ1) is 17.8. The standard InChI is InChI=1S/C16H28N4S/c1-11(2)6-8-20(9-7-12(3)4)16-18-13(5)10-14(19-16)15(17)21/h10-12H,6-9H2,1-5H3,(H2,17,21). The van der Waals surface area contributed by atoms with Crippen molar-refractivity contribution in [2.75, 3.05) is 18.0 Å². The first-order chi connectivity index (χ1) is 9.79. The fourth-order valence-corrected chi connectivity index (χ4v) is 2.06. The molecule has 0 spiro atoms. The molecular weight excluding hydrogens is 280 g/mol. The highest BCUT2D eigenvalue weighted by Crippen LogP contribution is 2.15. The third kappa shape index (κ3) is 6.38. The Bertz CT molecular complexity index is 459. The maximum Gasteiger partial charge on any atom is 0.226 e. The fourth-order valence-electron chi connectivity index (χ4n) is 1.96. The van der Waals surface area contributed by atoms with Gasteiger partial charge in [-0.1, -0.05) is 39.9 Å². The van der Waals surface area contributed by atoms with E-state index in [1.807, 2.05) is 13.0 Å². The fraction of sp³-hybridized carbons (Fsp3) is 0.688. The molecule has 0 fully saturated rings. The molecule has 1 rings (SSSR count). The molecule has 1 aromatic heterocycles. The van der Waals surface area contributed by atoms with Gasteiger partial charge in [0.15, 0.2) is 0 Å². The molecule has 0 bridgehead atoms. The van der Waals surface area contributed by atoms with Crippen LogP contribution in [-0.4, -0.2) is 28.0 Å². The maximum absolute atomic E-state index is 5.72. The topological polar surface area (TPSA) is 55.0 Å². The molecule has 0 atom stereocenters. The predicted molar refractivity (Wildman–Crippen MR) is 93.8 cm³/mol. The van der Waals surface area contributed by atoms with Gasteiger partial charge in [0.1, 0.15) is 10.7 Å². The summed E-state index contributed by atoms with van der Waals surface area (Å²) in [6.07, 6.45) is 2.25. The van der Waals surface area contributed by atoms with Gasteiger partial charge in [-0.3, -0.25) is 0 Å². The second-order valence-corrected chi connectivity index (χ2v) is 6.85. The van der Waals surface area contributed by atoms with Gasteiger partial charge < -0.3 is 10.6 Å². The SMILES string of the molecule is Cc1cc(C(N)=S)nc(N(CCC(C)C)CCC(C)C)n1. The van der Waals surface area contributed by atoms with Gasteiger partial charge in [-0.25, -0.2) is 9.97 Å². The number of nitrogens with zero attached hydrogens (tertiary/aromatic N) is 3. The molecule has 0 radical (unpaired) electrons. The molecule has 1 heterocycles. The molecule has 0 saturated heterocycles. The number of aromatic nitrogens is 2. The second-order valence-electron chi connectivity index (χ2n) is 6.41. The van der Waals surface area contributed by atoms with Crippen LogP contribution in [0.5, 0.6) is 0 Å². The van der Waals surface area contributed by atoms with Crippen LogP contribution in [0.25, 0.3) is 0 Å². The van der Waals surface area contributed by atoms with Crippen molar-refractivity contribution in [1.82, 2.24) is 9.97 Å². The molecule has 0 aromatic carbocycles. The minimum atomic E-state index is 0.328.